The van der Waals surface area contributed by atoms with E-state index in [2.05, 4.69) is 20.1 Å². The summed E-state index contributed by atoms with van der Waals surface area (Å²) in [5.41, 5.74) is 7.99. The number of thioether (sulfide) groups is 1. The number of nitrogens with zero attached hydrogens (tertiary/aromatic N) is 6. The zero-order valence-corrected chi connectivity index (χ0v) is 7.40. The fraction of sp³-hybridized carbons (Fsp3) is 0.600. The number of azide groups is 1. The fourth-order valence-electron chi connectivity index (χ4n) is 0.639. The van der Waals surface area contributed by atoms with E-state index in [1.807, 2.05) is 7.05 Å². The lowest BCUT2D eigenvalue weighted by atomic mass is 10.8. The predicted octanol–water partition coefficient (Wildman–Crippen LogP) is 1.22. The van der Waals surface area contributed by atoms with Crippen LogP contribution in [0.2, 0.25) is 0 Å². The van der Waals surface area contributed by atoms with Crippen molar-refractivity contribution in [1.29, 1.82) is 0 Å². The van der Waals surface area contributed by atoms with Crippen LogP contribution in [0.4, 0.5) is 0 Å². The molecule has 6 nitrogen and oxygen atoms in total. The molecule has 12 heavy (non-hydrogen) atoms. The summed E-state index contributed by atoms with van der Waals surface area (Å²) >= 11 is 1.52. The van der Waals surface area contributed by atoms with Crippen LogP contribution < -0.4 is 0 Å². The first-order valence-corrected chi connectivity index (χ1v) is 4.31. The molecule has 7 heteroatoms. The Kier molecular flexibility index (Phi) is 3.43. The van der Waals surface area contributed by atoms with Crippen LogP contribution in [0, 0.1) is 0 Å². The Labute approximate surface area is 73.6 Å². The predicted molar refractivity (Wildman–Crippen MR) is 45.7 cm³/mol. The molecule has 0 saturated carbocycles. The Bertz CT molecular complexity index is 288. The van der Waals surface area contributed by atoms with E-state index in [0.29, 0.717) is 6.54 Å². The molecule has 0 unspecified atom stereocenters. The molecule has 0 aromatic carbocycles. The minimum absolute atomic E-state index is 0.480. The molecule has 0 amide bonds. The molecule has 0 saturated heterocycles. The highest BCUT2D eigenvalue weighted by molar-refractivity contribution is 7.99. The molecule has 0 bridgehead atoms. The Morgan fingerprint density at radius 1 is 1.83 bits per heavy atom. The van der Waals surface area contributed by atoms with E-state index in [-0.39, 0.29) is 0 Å². The van der Waals surface area contributed by atoms with Crippen molar-refractivity contribution in [3.05, 3.63) is 16.8 Å². The zero-order valence-electron chi connectivity index (χ0n) is 6.58. The van der Waals surface area contributed by atoms with Crippen molar-refractivity contribution >= 4 is 11.8 Å². The van der Waals surface area contributed by atoms with Crippen LogP contribution in [0.3, 0.4) is 0 Å². The molecule has 1 heterocycles. The Morgan fingerprint density at radius 3 is 3.25 bits per heavy atom. The van der Waals surface area contributed by atoms with Gasteiger partial charge in [-0.15, -0.1) is 0 Å². The maximum Gasteiger partial charge on any atom is 0.185 e. The first-order valence-electron chi connectivity index (χ1n) is 3.32. The second kappa shape index (κ2) is 4.63. The second-order valence-electron chi connectivity index (χ2n) is 1.97. The van der Waals surface area contributed by atoms with Gasteiger partial charge < -0.3 is 0 Å². The van der Waals surface area contributed by atoms with Crippen molar-refractivity contribution in [2.45, 2.75) is 5.16 Å². The Balaban J connectivity index is 2.33. The third-order valence-corrected chi connectivity index (χ3v) is 2.17. The normalized spacial score (nSPS) is 9.42. The summed E-state index contributed by atoms with van der Waals surface area (Å²) < 4.78 is 1.68. The summed E-state index contributed by atoms with van der Waals surface area (Å²) in [5.74, 6) is 0.733. The monoisotopic (exact) mass is 184 g/mol. The smallest absolute Gasteiger partial charge is 0.185 e. The van der Waals surface area contributed by atoms with E-state index in [4.69, 9.17) is 5.53 Å². The van der Waals surface area contributed by atoms with Gasteiger partial charge in [-0.3, -0.25) is 0 Å². The molecule has 0 radical (unpaired) electrons. The van der Waals surface area contributed by atoms with Gasteiger partial charge in [-0.25, -0.2) is 9.67 Å². The number of hydrogen-bond acceptors (Lipinski definition) is 4. The minimum Gasteiger partial charge on any atom is -0.244 e. The summed E-state index contributed by atoms with van der Waals surface area (Å²) in [6, 6.07) is 0. The highest BCUT2D eigenvalue weighted by Gasteiger charge is 1.98. The molecule has 0 N–H and O–H groups in total. The van der Waals surface area contributed by atoms with Crippen LogP contribution in [-0.4, -0.2) is 27.1 Å². The van der Waals surface area contributed by atoms with Crippen molar-refractivity contribution in [1.82, 2.24) is 14.8 Å². The van der Waals surface area contributed by atoms with E-state index in [0.717, 1.165) is 10.9 Å². The average molecular weight is 184 g/mol. The number of rotatable bonds is 4. The summed E-state index contributed by atoms with van der Waals surface area (Å²) in [6.07, 6.45) is 1.50. The average Bonchev–Trinajstić information content (AvgIpc) is 2.46. The molecule has 1 aromatic heterocycles. The Morgan fingerprint density at radius 2 is 2.67 bits per heavy atom. The zero-order chi connectivity index (χ0) is 8.81. The molecular formula is C5H8N6S. The maximum atomic E-state index is 7.99. The lowest BCUT2D eigenvalue weighted by molar-refractivity contribution is 0.685. The first kappa shape index (κ1) is 8.89. The summed E-state index contributed by atoms with van der Waals surface area (Å²) in [7, 11) is 1.82. The van der Waals surface area contributed by atoms with Gasteiger partial charge in [-0.2, -0.15) is 5.10 Å². The Hall–Kier alpha value is -1.20. The highest BCUT2D eigenvalue weighted by Crippen LogP contribution is 2.11. The van der Waals surface area contributed by atoms with Gasteiger partial charge in [0.15, 0.2) is 5.16 Å². The lowest BCUT2D eigenvalue weighted by Gasteiger charge is -1.95. The van der Waals surface area contributed by atoms with E-state index < -0.39 is 0 Å². The molecule has 1 rings (SSSR count). The lowest BCUT2D eigenvalue weighted by Crippen LogP contribution is -1.94. The van der Waals surface area contributed by atoms with Crippen LogP contribution in [0.25, 0.3) is 10.4 Å². The SMILES string of the molecule is Cn1ncnc1SCCN=[N+]=[N-]. The van der Waals surface area contributed by atoms with Crippen molar-refractivity contribution < 1.29 is 0 Å². The summed E-state index contributed by atoms with van der Waals surface area (Å²) in [5, 5.41) is 8.14. The van der Waals surface area contributed by atoms with E-state index in [1.165, 1.54) is 18.1 Å². The fourth-order valence-corrected chi connectivity index (χ4v) is 1.35. The van der Waals surface area contributed by atoms with Crippen LogP contribution in [0.5, 0.6) is 0 Å². The van der Waals surface area contributed by atoms with Crippen LogP contribution >= 0.6 is 11.8 Å². The van der Waals surface area contributed by atoms with E-state index in [9.17, 15) is 0 Å². The minimum atomic E-state index is 0.480. The van der Waals surface area contributed by atoms with Crippen molar-refractivity contribution in [2.24, 2.45) is 12.2 Å². The third kappa shape index (κ3) is 2.44. The van der Waals surface area contributed by atoms with Crippen LogP contribution in [-0.2, 0) is 7.05 Å². The van der Waals surface area contributed by atoms with E-state index in [1.54, 1.807) is 4.68 Å². The van der Waals surface area contributed by atoms with Crippen LogP contribution in [0.15, 0.2) is 16.6 Å². The molecule has 0 aliphatic heterocycles. The quantitative estimate of drug-likeness (QED) is 0.232. The number of hydrogen-bond donors (Lipinski definition) is 0. The van der Waals surface area contributed by atoms with Crippen molar-refractivity contribution in [3.8, 4) is 0 Å². The molecule has 0 spiro atoms. The third-order valence-electron chi connectivity index (χ3n) is 1.16. The van der Waals surface area contributed by atoms with E-state index >= 15 is 0 Å². The molecule has 0 fully saturated rings. The van der Waals surface area contributed by atoms with Crippen LogP contribution in [0.1, 0.15) is 0 Å². The van der Waals surface area contributed by atoms with Gasteiger partial charge in [0.25, 0.3) is 0 Å². The number of aromatic nitrogens is 3. The summed E-state index contributed by atoms with van der Waals surface area (Å²) in [6.45, 7) is 0.480. The van der Waals surface area contributed by atoms with Gasteiger partial charge in [-0.1, -0.05) is 16.9 Å². The van der Waals surface area contributed by atoms with Gasteiger partial charge in [0.1, 0.15) is 6.33 Å². The van der Waals surface area contributed by atoms with Gasteiger partial charge >= 0.3 is 0 Å². The second-order valence-corrected chi connectivity index (χ2v) is 3.03. The molecular weight excluding hydrogens is 176 g/mol. The molecule has 0 atom stereocenters. The molecule has 64 valence electrons. The highest BCUT2D eigenvalue weighted by atomic mass is 32.2. The molecule has 0 aliphatic rings. The maximum absolute atomic E-state index is 7.99. The van der Waals surface area contributed by atoms with Crippen molar-refractivity contribution in [3.63, 3.8) is 0 Å². The molecule has 0 aliphatic carbocycles. The number of aryl methyl sites for hydroxylation is 1. The van der Waals surface area contributed by atoms with Gasteiger partial charge in [0.2, 0.25) is 0 Å². The first-order chi connectivity index (χ1) is 5.84. The molecule has 1 aromatic rings. The van der Waals surface area contributed by atoms with Gasteiger partial charge in [-0.05, 0) is 5.53 Å². The van der Waals surface area contributed by atoms with Gasteiger partial charge in [0.05, 0.1) is 0 Å². The van der Waals surface area contributed by atoms with Gasteiger partial charge in [0, 0.05) is 24.3 Å². The van der Waals surface area contributed by atoms with Crippen molar-refractivity contribution in [2.75, 3.05) is 12.3 Å². The summed E-state index contributed by atoms with van der Waals surface area (Å²) in [4.78, 5) is 6.64. The standard InChI is InChI=1S/C5H8N6S/c1-11-5(7-4-9-11)12-3-2-8-10-6/h4H,2-3H2,1H3. The topological polar surface area (TPSA) is 79.5 Å². The largest absolute Gasteiger partial charge is 0.244 e.